The molecule has 1 unspecified atom stereocenters. The molecule has 1 aromatic heterocycles. The van der Waals surface area contributed by atoms with Gasteiger partial charge >= 0.3 is 5.97 Å². The monoisotopic (exact) mass is 261 g/mol. The summed E-state index contributed by atoms with van der Waals surface area (Å²) in [6.07, 6.45) is 2.45. The van der Waals surface area contributed by atoms with Gasteiger partial charge in [-0.05, 0) is 36.6 Å². The molecule has 102 valence electrons. The van der Waals surface area contributed by atoms with Crippen molar-refractivity contribution in [3.63, 3.8) is 0 Å². The first-order chi connectivity index (χ1) is 9.02. The van der Waals surface area contributed by atoms with Gasteiger partial charge in [-0.15, -0.1) is 0 Å². The van der Waals surface area contributed by atoms with Gasteiger partial charge in [-0.1, -0.05) is 13.8 Å². The van der Waals surface area contributed by atoms with Crippen molar-refractivity contribution in [1.29, 1.82) is 0 Å². The molecule has 1 N–H and O–H groups in total. The van der Waals surface area contributed by atoms with Gasteiger partial charge in [-0.25, -0.2) is 4.79 Å². The molecule has 0 aliphatic rings. The lowest BCUT2D eigenvalue weighted by Crippen LogP contribution is -2.20. The first kappa shape index (κ1) is 13.5. The maximum atomic E-state index is 11.5. The Kier molecular flexibility index (Phi) is 3.79. The summed E-state index contributed by atoms with van der Waals surface area (Å²) in [5.74, 6) is 0.319. The number of nitrogens with zero attached hydrogens (tertiary/aromatic N) is 1. The number of hydrogen-bond donors (Lipinski definition) is 1. The normalized spacial score (nSPS) is 12.8. The summed E-state index contributed by atoms with van der Waals surface area (Å²) >= 11 is 0. The van der Waals surface area contributed by atoms with E-state index in [2.05, 4.69) is 0 Å². The van der Waals surface area contributed by atoms with E-state index in [9.17, 15) is 9.90 Å². The minimum absolute atomic E-state index is 0.330. The fourth-order valence-electron chi connectivity index (χ4n) is 2.32. The highest BCUT2D eigenvalue weighted by atomic mass is 16.5. The van der Waals surface area contributed by atoms with Crippen LogP contribution in [0, 0.1) is 5.92 Å². The molecule has 1 aromatic carbocycles. The lowest BCUT2D eigenvalue weighted by atomic mass is 10.0. The maximum absolute atomic E-state index is 11.5. The number of fused-ring (bicyclic) bond motifs is 1. The SMILES string of the molecule is COc1ccc2c(ccn2C(CC(C)C)C(=O)O)c1. The van der Waals surface area contributed by atoms with Crippen LogP contribution in [0.2, 0.25) is 0 Å². The molecule has 1 heterocycles. The second-order valence-electron chi connectivity index (χ2n) is 5.13. The van der Waals surface area contributed by atoms with Crippen molar-refractivity contribution in [1.82, 2.24) is 4.57 Å². The predicted octanol–water partition coefficient (Wildman–Crippen LogP) is 3.32. The summed E-state index contributed by atoms with van der Waals surface area (Å²) < 4.78 is 7.01. The quantitative estimate of drug-likeness (QED) is 0.898. The van der Waals surface area contributed by atoms with Crippen LogP contribution in [0.5, 0.6) is 5.75 Å². The second kappa shape index (κ2) is 5.34. The summed E-state index contributed by atoms with van der Waals surface area (Å²) in [5.41, 5.74) is 0.925. The third-order valence-electron chi connectivity index (χ3n) is 3.24. The summed E-state index contributed by atoms with van der Waals surface area (Å²) in [5, 5.41) is 10.4. The maximum Gasteiger partial charge on any atom is 0.326 e. The van der Waals surface area contributed by atoms with E-state index in [4.69, 9.17) is 4.74 Å². The summed E-state index contributed by atoms with van der Waals surface area (Å²) in [4.78, 5) is 11.5. The van der Waals surface area contributed by atoms with Crippen LogP contribution >= 0.6 is 0 Å². The Hall–Kier alpha value is -1.97. The molecule has 0 saturated carbocycles. The Morgan fingerprint density at radius 3 is 2.68 bits per heavy atom. The lowest BCUT2D eigenvalue weighted by molar-refractivity contribution is -0.141. The molecule has 0 spiro atoms. The number of benzene rings is 1. The highest BCUT2D eigenvalue weighted by molar-refractivity contribution is 5.84. The Balaban J connectivity index is 2.45. The largest absolute Gasteiger partial charge is 0.497 e. The lowest BCUT2D eigenvalue weighted by Gasteiger charge is -2.18. The number of carboxylic acid groups (broad SMARTS) is 1. The Morgan fingerprint density at radius 2 is 2.11 bits per heavy atom. The van der Waals surface area contributed by atoms with E-state index in [0.717, 1.165) is 16.7 Å². The minimum Gasteiger partial charge on any atom is -0.497 e. The Labute approximate surface area is 112 Å². The molecule has 0 aliphatic carbocycles. The van der Waals surface area contributed by atoms with Gasteiger partial charge in [-0.3, -0.25) is 0 Å². The van der Waals surface area contributed by atoms with Gasteiger partial charge in [0.1, 0.15) is 11.8 Å². The van der Waals surface area contributed by atoms with Crippen LogP contribution in [-0.4, -0.2) is 22.8 Å². The topological polar surface area (TPSA) is 51.5 Å². The zero-order chi connectivity index (χ0) is 14.0. The van der Waals surface area contributed by atoms with E-state index >= 15 is 0 Å². The molecule has 4 nitrogen and oxygen atoms in total. The van der Waals surface area contributed by atoms with Crippen molar-refractivity contribution < 1.29 is 14.6 Å². The summed E-state index contributed by atoms with van der Waals surface area (Å²) in [7, 11) is 1.62. The van der Waals surface area contributed by atoms with E-state index < -0.39 is 12.0 Å². The van der Waals surface area contributed by atoms with E-state index in [-0.39, 0.29) is 0 Å². The van der Waals surface area contributed by atoms with Crippen molar-refractivity contribution in [2.75, 3.05) is 7.11 Å². The van der Waals surface area contributed by atoms with E-state index in [1.807, 2.05) is 48.9 Å². The van der Waals surface area contributed by atoms with Crippen LogP contribution in [0.1, 0.15) is 26.3 Å². The van der Waals surface area contributed by atoms with Crippen molar-refractivity contribution >= 4 is 16.9 Å². The van der Waals surface area contributed by atoms with Crippen LogP contribution in [-0.2, 0) is 4.79 Å². The molecule has 0 saturated heterocycles. The van der Waals surface area contributed by atoms with Gasteiger partial charge in [-0.2, -0.15) is 0 Å². The third-order valence-corrected chi connectivity index (χ3v) is 3.24. The van der Waals surface area contributed by atoms with E-state index in [1.54, 1.807) is 7.11 Å². The van der Waals surface area contributed by atoms with Gasteiger partial charge in [0.25, 0.3) is 0 Å². The Bertz CT molecular complexity index is 586. The van der Waals surface area contributed by atoms with Crippen LogP contribution in [0.25, 0.3) is 10.9 Å². The predicted molar refractivity (Wildman–Crippen MR) is 74.6 cm³/mol. The second-order valence-corrected chi connectivity index (χ2v) is 5.13. The number of carboxylic acids is 1. The number of hydrogen-bond acceptors (Lipinski definition) is 2. The standard InChI is InChI=1S/C15H19NO3/c1-10(2)8-14(15(17)18)16-7-6-11-9-12(19-3)4-5-13(11)16/h4-7,9-10,14H,8H2,1-3H3,(H,17,18). The van der Waals surface area contributed by atoms with Gasteiger partial charge < -0.3 is 14.4 Å². The van der Waals surface area contributed by atoms with Crippen molar-refractivity contribution in [3.8, 4) is 5.75 Å². The number of aliphatic carboxylic acids is 1. The molecule has 19 heavy (non-hydrogen) atoms. The van der Waals surface area contributed by atoms with Gasteiger partial charge in [0.05, 0.1) is 7.11 Å². The van der Waals surface area contributed by atoms with Crippen LogP contribution < -0.4 is 4.74 Å². The number of methoxy groups -OCH3 is 1. The number of ether oxygens (including phenoxy) is 1. The fraction of sp³-hybridized carbons (Fsp3) is 0.400. The molecule has 4 heteroatoms. The van der Waals surface area contributed by atoms with Crippen LogP contribution in [0.4, 0.5) is 0 Å². The molecule has 2 aromatic rings. The number of aromatic nitrogens is 1. The molecule has 0 amide bonds. The van der Waals surface area contributed by atoms with Gasteiger partial charge in [0, 0.05) is 17.1 Å². The van der Waals surface area contributed by atoms with Crippen molar-refractivity contribution in [2.24, 2.45) is 5.92 Å². The summed E-state index contributed by atoms with van der Waals surface area (Å²) in [6, 6.07) is 7.08. The zero-order valence-electron chi connectivity index (χ0n) is 11.5. The molecule has 0 fully saturated rings. The molecular formula is C15H19NO3. The number of rotatable bonds is 5. The van der Waals surface area contributed by atoms with Crippen molar-refractivity contribution in [2.45, 2.75) is 26.3 Å². The fourth-order valence-corrected chi connectivity index (χ4v) is 2.32. The minimum atomic E-state index is -0.790. The molecule has 0 aliphatic heterocycles. The smallest absolute Gasteiger partial charge is 0.326 e. The molecule has 1 atom stereocenters. The van der Waals surface area contributed by atoms with Crippen LogP contribution in [0.15, 0.2) is 30.5 Å². The van der Waals surface area contributed by atoms with Gasteiger partial charge in [0.2, 0.25) is 0 Å². The highest BCUT2D eigenvalue weighted by Gasteiger charge is 2.21. The third kappa shape index (κ3) is 2.72. The molecule has 0 bridgehead atoms. The van der Waals surface area contributed by atoms with Gasteiger partial charge in [0.15, 0.2) is 0 Å². The Morgan fingerprint density at radius 1 is 1.37 bits per heavy atom. The first-order valence-electron chi connectivity index (χ1n) is 6.40. The first-order valence-corrected chi connectivity index (χ1v) is 6.40. The molecule has 2 rings (SSSR count). The van der Waals surface area contributed by atoms with Crippen molar-refractivity contribution in [3.05, 3.63) is 30.5 Å². The van der Waals surface area contributed by atoms with Crippen LogP contribution in [0.3, 0.4) is 0 Å². The molecule has 0 radical (unpaired) electrons. The zero-order valence-corrected chi connectivity index (χ0v) is 11.5. The van der Waals surface area contributed by atoms with E-state index in [0.29, 0.717) is 12.3 Å². The average molecular weight is 261 g/mol. The highest BCUT2D eigenvalue weighted by Crippen LogP contribution is 2.27. The molecular weight excluding hydrogens is 242 g/mol. The average Bonchev–Trinajstić information content (AvgIpc) is 2.77. The van der Waals surface area contributed by atoms with E-state index in [1.165, 1.54) is 0 Å². The number of carbonyl (C=O) groups is 1. The summed E-state index contributed by atoms with van der Waals surface area (Å²) in [6.45, 7) is 4.06.